The molecule has 0 fully saturated rings. The van der Waals surface area contributed by atoms with Crippen LogP contribution in [-0.2, 0) is 0 Å². The third-order valence-corrected chi connectivity index (χ3v) is 6.32. The van der Waals surface area contributed by atoms with Crippen LogP contribution < -0.4 is 0 Å². The second kappa shape index (κ2) is 7.85. The molecule has 7 rings (SSSR count). The summed E-state index contributed by atoms with van der Waals surface area (Å²) in [7, 11) is 0. The number of benzene rings is 2. The van der Waals surface area contributed by atoms with Gasteiger partial charge in [0.2, 0.25) is 0 Å². The number of nitrogens with zero attached hydrogens (tertiary/aromatic N) is 5. The van der Waals surface area contributed by atoms with Gasteiger partial charge in [0.25, 0.3) is 0 Å². The molecular formula is C30H19N5. The summed E-state index contributed by atoms with van der Waals surface area (Å²) in [4.78, 5) is 19.0. The van der Waals surface area contributed by atoms with Crippen molar-refractivity contribution in [3.63, 3.8) is 0 Å². The molecule has 0 aliphatic carbocycles. The number of aromatic nitrogens is 5. The van der Waals surface area contributed by atoms with Crippen molar-refractivity contribution >= 4 is 27.6 Å². The van der Waals surface area contributed by atoms with Crippen LogP contribution in [0.2, 0.25) is 0 Å². The summed E-state index contributed by atoms with van der Waals surface area (Å²) in [5.74, 6) is 0. The molecule has 5 nitrogen and oxygen atoms in total. The van der Waals surface area contributed by atoms with E-state index in [9.17, 15) is 0 Å². The molecule has 35 heavy (non-hydrogen) atoms. The fourth-order valence-corrected chi connectivity index (χ4v) is 4.62. The molecule has 0 saturated heterocycles. The second-order valence-electron chi connectivity index (χ2n) is 8.45. The highest BCUT2D eigenvalue weighted by Crippen LogP contribution is 2.33. The van der Waals surface area contributed by atoms with Crippen molar-refractivity contribution in [2.24, 2.45) is 0 Å². The van der Waals surface area contributed by atoms with Crippen LogP contribution in [0.15, 0.2) is 116 Å². The number of hydrogen-bond acceptors (Lipinski definition) is 4. The molecular weight excluding hydrogens is 430 g/mol. The summed E-state index contributed by atoms with van der Waals surface area (Å²) in [5, 5.41) is 2.19. The largest absolute Gasteiger partial charge is 0.284 e. The summed E-state index contributed by atoms with van der Waals surface area (Å²) in [5.41, 5.74) is 8.57. The van der Waals surface area contributed by atoms with Crippen LogP contribution in [0.3, 0.4) is 0 Å². The average molecular weight is 450 g/mol. The van der Waals surface area contributed by atoms with Gasteiger partial charge in [0.15, 0.2) is 5.65 Å². The lowest BCUT2D eigenvalue weighted by molar-refractivity contribution is 1.19. The molecule has 0 spiro atoms. The molecule has 0 N–H and O–H groups in total. The first-order valence-electron chi connectivity index (χ1n) is 11.5. The van der Waals surface area contributed by atoms with Gasteiger partial charge in [-0.25, -0.2) is 15.0 Å². The topological polar surface area (TPSA) is 56.0 Å². The van der Waals surface area contributed by atoms with Crippen LogP contribution in [0.25, 0.3) is 61.4 Å². The van der Waals surface area contributed by atoms with Crippen LogP contribution in [0.4, 0.5) is 0 Å². The fourth-order valence-electron chi connectivity index (χ4n) is 4.62. The molecule has 0 radical (unpaired) electrons. The highest BCUT2D eigenvalue weighted by atomic mass is 15.1. The zero-order valence-corrected chi connectivity index (χ0v) is 18.7. The van der Waals surface area contributed by atoms with E-state index in [1.54, 1.807) is 6.20 Å². The minimum atomic E-state index is 0.865. The summed E-state index contributed by atoms with van der Waals surface area (Å²) >= 11 is 0. The van der Waals surface area contributed by atoms with Gasteiger partial charge in [0.05, 0.1) is 17.1 Å². The molecule has 164 valence electrons. The maximum absolute atomic E-state index is 5.10. The molecule has 0 saturated carbocycles. The molecule has 2 aromatic carbocycles. The number of fused-ring (bicyclic) bond motifs is 5. The zero-order valence-electron chi connectivity index (χ0n) is 18.7. The van der Waals surface area contributed by atoms with E-state index in [0.29, 0.717) is 0 Å². The normalized spacial score (nSPS) is 11.4. The van der Waals surface area contributed by atoms with E-state index in [4.69, 9.17) is 15.0 Å². The Bertz CT molecular complexity index is 1840. The van der Waals surface area contributed by atoms with Crippen LogP contribution in [0.5, 0.6) is 0 Å². The molecule has 0 atom stereocenters. The Morgan fingerprint density at radius 2 is 1.31 bits per heavy atom. The van der Waals surface area contributed by atoms with Crippen LogP contribution in [-0.4, -0.2) is 24.3 Å². The van der Waals surface area contributed by atoms with Gasteiger partial charge in [-0.1, -0.05) is 60.7 Å². The predicted molar refractivity (Wildman–Crippen MR) is 140 cm³/mol. The van der Waals surface area contributed by atoms with E-state index >= 15 is 0 Å². The maximum Gasteiger partial charge on any atom is 0.165 e. The van der Waals surface area contributed by atoms with E-state index < -0.39 is 0 Å². The van der Waals surface area contributed by atoms with E-state index in [2.05, 4.69) is 53.5 Å². The van der Waals surface area contributed by atoms with Crippen molar-refractivity contribution < 1.29 is 0 Å². The lowest BCUT2D eigenvalue weighted by Crippen LogP contribution is -1.92. The molecule has 0 unspecified atom stereocenters. The zero-order chi connectivity index (χ0) is 23.2. The molecule has 0 bridgehead atoms. The minimum Gasteiger partial charge on any atom is -0.284 e. The number of hydrogen-bond donors (Lipinski definition) is 0. The van der Waals surface area contributed by atoms with Gasteiger partial charge in [-0.15, -0.1) is 0 Å². The number of pyridine rings is 4. The van der Waals surface area contributed by atoms with Gasteiger partial charge in [-0.05, 0) is 36.4 Å². The Hall–Kier alpha value is -4.90. The third kappa shape index (κ3) is 3.25. The van der Waals surface area contributed by atoms with E-state index in [1.165, 1.54) is 0 Å². The Kier molecular flexibility index (Phi) is 4.39. The van der Waals surface area contributed by atoms with Crippen molar-refractivity contribution in [3.8, 4) is 33.8 Å². The fraction of sp³-hybridized carbons (Fsp3) is 0. The first-order valence-corrected chi connectivity index (χ1v) is 11.5. The Morgan fingerprint density at radius 3 is 2.14 bits per heavy atom. The van der Waals surface area contributed by atoms with E-state index in [-0.39, 0.29) is 0 Å². The minimum absolute atomic E-state index is 0.865. The van der Waals surface area contributed by atoms with Gasteiger partial charge < -0.3 is 0 Å². The highest BCUT2D eigenvalue weighted by Gasteiger charge is 2.15. The van der Waals surface area contributed by atoms with Crippen LogP contribution in [0, 0.1) is 0 Å². The first kappa shape index (κ1) is 19.6. The van der Waals surface area contributed by atoms with Gasteiger partial charge in [0.1, 0.15) is 11.2 Å². The van der Waals surface area contributed by atoms with Crippen molar-refractivity contribution in [1.82, 2.24) is 24.3 Å². The first-order chi connectivity index (χ1) is 17.3. The molecule has 0 aliphatic heterocycles. The highest BCUT2D eigenvalue weighted by molar-refractivity contribution is 6.09. The SMILES string of the molecule is c1cncc(-c2cccc(-c3ccc(-c4nc5c(nc6ccccn65)c5ccccc45)cc3)n2)c1. The average Bonchev–Trinajstić information content (AvgIpc) is 3.32. The Morgan fingerprint density at radius 1 is 0.543 bits per heavy atom. The van der Waals surface area contributed by atoms with Crippen molar-refractivity contribution in [2.75, 3.05) is 0 Å². The van der Waals surface area contributed by atoms with Gasteiger partial charge >= 0.3 is 0 Å². The smallest absolute Gasteiger partial charge is 0.165 e. The predicted octanol–water partition coefficient (Wildman–Crippen LogP) is 6.83. The van der Waals surface area contributed by atoms with E-state index in [0.717, 1.165) is 61.4 Å². The van der Waals surface area contributed by atoms with Crippen molar-refractivity contribution in [1.29, 1.82) is 0 Å². The molecule has 5 heteroatoms. The Labute approximate surface area is 201 Å². The molecule has 5 heterocycles. The summed E-state index contributed by atoms with van der Waals surface area (Å²) < 4.78 is 2.05. The lowest BCUT2D eigenvalue weighted by atomic mass is 10.0. The summed E-state index contributed by atoms with van der Waals surface area (Å²) in [6, 6.07) is 32.9. The van der Waals surface area contributed by atoms with Crippen LogP contribution in [0.1, 0.15) is 0 Å². The maximum atomic E-state index is 5.10. The number of rotatable bonds is 3. The molecule has 0 aliphatic rings. The quantitative estimate of drug-likeness (QED) is 0.297. The molecule has 5 aromatic heterocycles. The number of imidazole rings is 1. The molecule has 0 amide bonds. The van der Waals surface area contributed by atoms with Gasteiger partial charge in [-0.2, -0.15) is 0 Å². The third-order valence-electron chi connectivity index (χ3n) is 6.32. The van der Waals surface area contributed by atoms with Crippen molar-refractivity contribution in [3.05, 3.63) is 116 Å². The van der Waals surface area contributed by atoms with Crippen molar-refractivity contribution in [2.45, 2.75) is 0 Å². The Balaban J connectivity index is 1.36. The lowest BCUT2D eigenvalue weighted by Gasteiger charge is -2.09. The standard InChI is InChI=1S/C30H19N5/c1-2-9-24-23(8-1)28(34-30-29(24)33-27-12-3-4-18-35(27)30)21-15-13-20(14-16-21)25-10-5-11-26(32-25)22-7-6-17-31-19-22/h1-19H. The summed E-state index contributed by atoms with van der Waals surface area (Å²) in [6.07, 6.45) is 5.62. The van der Waals surface area contributed by atoms with Crippen LogP contribution >= 0.6 is 0 Å². The second-order valence-corrected chi connectivity index (χ2v) is 8.45. The van der Waals surface area contributed by atoms with Gasteiger partial charge in [0, 0.05) is 46.1 Å². The summed E-state index contributed by atoms with van der Waals surface area (Å²) in [6.45, 7) is 0. The van der Waals surface area contributed by atoms with Gasteiger partial charge in [-0.3, -0.25) is 9.38 Å². The van der Waals surface area contributed by atoms with E-state index in [1.807, 2.05) is 65.3 Å². The monoisotopic (exact) mass is 449 g/mol. The molecule has 7 aromatic rings.